The van der Waals surface area contributed by atoms with E-state index in [0.717, 1.165) is 5.75 Å². The standard InChI is InChI=1S/C10H13O2/c1-9(7-8-11)12-10-5-3-2-4-6-10/h2-7,9,11H,8H2,1H3. The normalized spacial score (nSPS) is 12.5. The Bertz CT molecular complexity index is 208. The van der Waals surface area contributed by atoms with Crippen molar-refractivity contribution in [1.29, 1.82) is 0 Å². The Hall–Kier alpha value is -1.02. The van der Waals surface area contributed by atoms with E-state index in [1.54, 1.807) is 6.42 Å². The van der Waals surface area contributed by atoms with Crippen LogP contribution < -0.4 is 4.74 Å². The molecule has 1 aromatic carbocycles. The predicted octanol–water partition coefficient (Wildman–Crippen LogP) is 1.65. The Morgan fingerprint density at radius 2 is 2.08 bits per heavy atom. The van der Waals surface area contributed by atoms with Crippen LogP contribution in [-0.2, 0) is 0 Å². The van der Waals surface area contributed by atoms with Crippen LogP contribution in [0.3, 0.4) is 0 Å². The van der Waals surface area contributed by atoms with E-state index in [4.69, 9.17) is 9.84 Å². The van der Waals surface area contributed by atoms with Gasteiger partial charge >= 0.3 is 0 Å². The number of aliphatic hydroxyl groups excluding tert-OH is 1. The summed E-state index contributed by atoms with van der Waals surface area (Å²) in [6.07, 6.45) is 1.66. The number of rotatable bonds is 4. The van der Waals surface area contributed by atoms with Crippen LogP contribution in [0.4, 0.5) is 0 Å². The van der Waals surface area contributed by atoms with Gasteiger partial charge in [0.25, 0.3) is 0 Å². The molecule has 1 radical (unpaired) electrons. The molecule has 0 fully saturated rings. The second-order valence-electron chi connectivity index (χ2n) is 2.55. The first kappa shape index (κ1) is 9.07. The van der Waals surface area contributed by atoms with E-state index in [-0.39, 0.29) is 12.7 Å². The fourth-order valence-electron chi connectivity index (χ4n) is 0.910. The molecule has 0 aliphatic rings. The minimum atomic E-state index is -0.0441. The molecule has 1 N–H and O–H groups in total. The summed E-state index contributed by atoms with van der Waals surface area (Å²) in [5.41, 5.74) is 0. The second kappa shape index (κ2) is 4.78. The van der Waals surface area contributed by atoms with Crippen molar-refractivity contribution in [1.82, 2.24) is 0 Å². The molecule has 0 heterocycles. The van der Waals surface area contributed by atoms with E-state index in [1.165, 1.54) is 0 Å². The summed E-state index contributed by atoms with van der Waals surface area (Å²) in [6, 6.07) is 9.55. The molecule has 2 nitrogen and oxygen atoms in total. The third-order valence-electron chi connectivity index (χ3n) is 1.50. The molecule has 0 saturated carbocycles. The highest BCUT2D eigenvalue weighted by Gasteiger charge is 2.01. The first-order valence-electron chi connectivity index (χ1n) is 3.99. The smallest absolute Gasteiger partial charge is 0.119 e. The van der Waals surface area contributed by atoms with Gasteiger partial charge in [0.15, 0.2) is 0 Å². The van der Waals surface area contributed by atoms with E-state index in [0.29, 0.717) is 0 Å². The quantitative estimate of drug-likeness (QED) is 0.735. The van der Waals surface area contributed by atoms with E-state index >= 15 is 0 Å². The van der Waals surface area contributed by atoms with Gasteiger partial charge in [-0.25, -0.2) is 0 Å². The van der Waals surface area contributed by atoms with Gasteiger partial charge in [-0.05, 0) is 19.1 Å². The fourth-order valence-corrected chi connectivity index (χ4v) is 0.910. The Kier molecular flexibility index (Phi) is 3.61. The van der Waals surface area contributed by atoms with Crippen molar-refractivity contribution >= 4 is 0 Å². The molecule has 0 amide bonds. The number of hydrogen-bond donors (Lipinski definition) is 1. The summed E-state index contributed by atoms with van der Waals surface area (Å²) in [4.78, 5) is 0. The van der Waals surface area contributed by atoms with Crippen molar-refractivity contribution in [3.05, 3.63) is 36.8 Å². The number of benzene rings is 1. The summed E-state index contributed by atoms with van der Waals surface area (Å²) >= 11 is 0. The molecule has 0 saturated heterocycles. The van der Waals surface area contributed by atoms with Gasteiger partial charge in [-0.2, -0.15) is 0 Å². The second-order valence-corrected chi connectivity index (χ2v) is 2.55. The third kappa shape index (κ3) is 2.93. The van der Waals surface area contributed by atoms with Gasteiger partial charge in [0.2, 0.25) is 0 Å². The maximum Gasteiger partial charge on any atom is 0.119 e. The monoisotopic (exact) mass is 165 g/mol. The van der Waals surface area contributed by atoms with Crippen molar-refractivity contribution in [2.24, 2.45) is 0 Å². The molecule has 2 heteroatoms. The van der Waals surface area contributed by atoms with Crippen LogP contribution in [-0.4, -0.2) is 17.8 Å². The van der Waals surface area contributed by atoms with Gasteiger partial charge in [-0.3, -0.25) is 0 Å². The van der Waals surface area contributed by atoms with Crippen LogP contribution >= 0.6 is 0 Å². The Morgan fingerprint density at radius 3 is 2.67 bits per heavy atom. The highest BCUT2D eigenvalue weighted by molar-refractivity contribution is 5.21. The molecule has 1 atom stereocenters. The van der Waals surface area contributed by atoms with E-state index in [1.807, 2.05) is 37.3 Å². The van der Waals surface area contributed by atoms with Crippen molar-refractivity contribution in [2.45, 2.75) is 13.0 Å². The van der Waals surface area contributed by atoms with Gasteiger partial charge < -0.3 is 9.84 Å². The lowest BCUT2D eigenvalue weighted by Gasteiger charge is -2.12. The largest absolute Gasteiger partial charge is 0.490 e. The number of hydrogen-bond acceptors (Lipinski definition) is 2. The summed E-state index contributed by atoms with van der Waals surface area (Å²) in [5, 5.41) is 8.58. The topological polar surface area (TPSA) is 29.5 Å². The zero-order chi connectivity index (χ0) is 8.81. The summed E-state index contributed by atoms with van der Waals surface area (Å²) < 4.78 is 5.44. The van der Waals surface area contributed by atoms with Crippen LogP contribution in [0.25, 0.3) is 0 Å². The minimum Gasteiger partial charge on any atom is -0.490 e. The van der Waals surface area contributed by atoms with Crippen LogP contribution in [0.5, 0.6) is 5.75 Å². The molecule has 0 aliphatic carbocycles. The van der Waals surface area contributed by atoms with Crippen LogP contribution in [0, 0.1) is 6.42 Å². The molecular formula is C10H13O2. The fraction of sp³-hybridized carbons (Fsp3) is 0.300. The van der Waals surface area contributed by atoms with Crippen molar-refractivity contribution < 1.29 is 9.84 Å². The third-order valence-corrected chi connectivity index (χ3v) is 1.50. The van der Waals surface area contributed by atoms with Gasteiger partial charge in [0.05, 0.1) is 0 Å². The molecule has 12 heavy (non-hydrogen) atoms. The average Bonchev–Trinajstić information content (AvgIpc) is 2.06. The van der Waals surface area contributed by atoms with Gasteiger partial charge in [0, 0.05) is 13.0 Å². The number of aliphatic hydroxyl groups is 1. The molecular weight excluding hydrogens is 152 g/mol. The minimum absolute atomic E-state index is 0.0441. The Morgan fingerprint density at radius 1 is 1.42 bits per heavy atom. The molecule has 1 rings (SSSR count). The van der Waals surface area contributed by atoms with Gasteiger partial charge in [-0.15, -0.1) is 0 Å². The van der Waals surface area contributed by atoms with Gasteiger partial charge in [0.1, 0.15) is 11.9 Å². The lowest BCUT2D eigenvalue weighted by molar-refractivity contribution is 0.220. The number of para-hydroxylation sites is 1. The molecule has 1 unspecified atom stereocenters. The maximum absolute atomic E-state index is 8.58. The van der Waals surface area contributed by atoms with Crippen LogP contribution in [0.1, 0.15) is 6.92 Å². The molecule has 0 aliphatic heterocycles. The lowest BCUT2D eigenvalue weighted by Crippen LogP contribution is -2.14. The van der Waals surface area contributed by atoms with Gasteiger partial charge in [-0.1, -0.05) is 18.2 Å². The highest BCUT2D eigenvalue weighted by Crippen LogP contribution is 2.11. The Labute approximate surface area is 72.8 Å². The predicted molar refractivity (Wildman–Crippen MR) is 47.9 cm³/mol. The van der Waals surface area contributed by atoms with E-state index < -0.39 is 0 Å². The van der Waals surface area contributed by atoms with Crippen molar-refractivity contribution in [2.75, 3.05) is 6.61 Å². The highest BCUT2D eigenvalue weighted by atomic mass is 16.5. The zero-order valence-electron chi connectivity index (χ0n) is 7.10. The van der Waals surface area contributed by atoms with Crippen LogP contribution in [0.2, 0.25) is 0 Å². The average molecular weight is 165 g/mol. The lowest BCUT2D eigenvalue weighted by atomic mass is 10.3. The summed E-state index contributed by atoms with van der Waals surface area (Å²) in [7, 11) is 0. The molecule has 65 valence electrons. The maximum atomic E-state index is 8.58. The molecule has 0 aromatic heterocycles. The van der Waals surface area contributed by atoms with E-state index in [9.17, 15) is 0 Å². The first-order valence-corrected chi connectivity index (χ1v) is 3.99. The van der Waals surface area contributed by atoms with Crippen molar-refractivity contribution in [3.63, 3.8) is 0 Å². The molecule has 0 spiro atoms. The first-order chi connectivity index (χ1) is 5.83. The summed E-state index contributed by atoms with van der Waals surface area (Å²) in [6.45, 7) is 1.94. The number of ether oxygens (including phenoxy) is 1. The summed E-state index contributed by atoms with van der Waals surface area (Å²) in [5.74, 6) is 0.828. The molecule has 1 aromatic rings. The van der Waals surface area contributed by atoms with E-state index in [2.05, 4.69) is 0 Å². The van der Waals surface area contributed by atoms with Crippen LogP contribution in [0.15, 0.2) is 30.3 Å². The molecule has 0 bridgehead atoms. The SMILES string of the molecule is CC([CH]CO)Oc1ccccc1. The zero-order valence-corrected chi connectivity index (χ0v) is 7.10. The van der Waals surface area contributed by atoms with Crippen molar-refractivity contribution in [3.8, 4) is 5.75 Å². The Balaban J connectivity index is 2.41.